The summed E-state index contributed by atoms with van der Waals surface area (Å²) in [6, 6.07) is 7.20. The van der Waals surface area contributed by atoms with Gasteiger partial charge in [-0.25, -0.2) is 4.98 Å². The van der Waals surface area contributed by atoms with Gasteiger partial charge >= 0.3 is 0 Å². The number of halogens is 1. The van der Waals surface area contributed by atoms with Crippen LogP contribution in [0.5, 0.6) is 0 Å². The molecule has 3 aromatic heterocycles. The fourth-order valence-corrected chi connectivity index (χ4v) is 4.72. The van der Waals surface area contributed by atoms with Crippen molar-refractivity contribution in [3.8, 4) is 0 Å². The molecule has 3 N–H and O–H groups in total. The molecule has 7 nitrogen and oxygen atoms in total. The summed E-state index contributed by atoms with van der Waals surface area (Å²) in [4.78, 5) is 41.4. The van der Waals surface area contributed by atoms with Gasteiger partial charge in [-0.3, -0.25) is 25.2 Å². The number of hydrogen-bond acceptors (Lipinski definition) is 7. The van der Waals surface area contributed by atoms with Gasteiger partial charge in [0.1, 0.15) is 0 Å². The minimum atomic E-state index is -0.402. The molecule has 3 heterocycles. The summed E-state index contributed by atoms with van der Waals surface area (Å²) in [5, 5.41) is 6.76. The smallest absolute Gasteiger partial charge is 0.279 e. The number of thiazole rings is 1. The maximum absolute atomic E-state index is 12.0. The highest BCUT2D eigenvalue weighted by Gasteiger charge is 2.13. The summed E-state index contributed by atoms with van der Waals surface area (Å²) in [6.45, 7) is 0. The lowest BCUT2D eigenvalue weighted by atomic mass is 10.3. The maximum atomic E-state index is 12.0. The van der Waals surface area contributed by atoms with Gasteiger partial charge in [0.25, 0.3) is 5.91 Å². The van der Waals surface area contributed by atoms with Crippen LogP contribution in [0.1, 0.15) is 20.2 Å². The van der Waals surface area contributed by atoms with Crippen molar-refractivity contribution in [3.05, 3.63) is 54.3 Å². The van der Waals surface area contributed by atoms with Gasteiger partial charge in [-0.2, -0.15) is 0 Å². The van der Waals surface area contributed by atoms with Crippen LogP contribution in [0.2, 0.25) is 0 Å². The van der Waals surface area contributed by atoms with Crippen molar-refractivity contribution in [1.82, 2.24) is 15.8 Å². The Bertz CT molecular complexity index is 952. The minimum absolute atomic E-state index is 0.00822. The molecule has 0 atom stereocenters. The molecule has 3 amide bonds. The van der Waals surface area contributed by atoms with Gasteiger partial charge < -0.3 is 5.32 Å². The van der Waals surface area contributed by atoms with E-state index in [0.717, 1.165) is 8.66 Å². The second kappa shape index (κ2) is 9.22. The van der Waals surface area contributed by atoms with E-state index >= 15 is 0 Å². The number of aromatic nitrogens is 1. The molecular formula is C16H13BrN4O3S3. The van der Waals surface area contributed by atoms with Crippen LogP contribution in [0.4, 0.5) is 5.13 Å². The number of anilines is 1. The number of nitrogens with zero attached hydrogens (tertiary/aromatic N) is 1. The molecule has 0 bridgehead atoms. The first-order valence-corrected chi connectivity index (χ1v) is 11.0. The first kappa shape index (κ1) is 19.7. The molecule has 27 heavy (non-hydrogen) atoms. The van der Waals surface area contributed by atoms with Gasteiger partial charge in [0, 0.05) is 10.3 Å². The molecule has 140 valence electrons. The van der Waals surface area contributed by atoms with Crippen molar-refractivity contribution >= 4 is 72.8 Å². The summed E-state index contributed by atoms with van der Waals surface area (Å²) in [5.41, 5.74) is 5.22. The topological polar surface area (TPSA) is 100 Å². The first-order valence-electron chi connectivity index (χ1n) is 7.61. The van der Waals surface area contributed by atoms with Crippen LogP contribution in [0.25, 0.3) is 0 Å². The number of nitrogens with one attached hydrogen (secondary N) is 3. The van der Waals surface area contributed by atoms with Crippen molar-refractivity contribution in [2.75, 3.05) is 5.32 Å². The van der Waals surface area contributed by atoms with Gasteiger partial charge in [-0.15, -0.1) is 34.0 Å². The Labute approximate surface area is 174 Å². The standard InChI is InChI=1S/C16H13BrN4O3S3/c17-12-4-3-11(27-12)15(24)21-20-14(23)6-9-8-26-16(18-9)19-13(22)7-10-2-1-5-25-10/h1-5,8H,6-7H2,(H,20,23)(H,21,24)(H,18,19,22). The summed E-state index contributed by atoms with van der Waals surface area (Å²) in [6.07, 6.45) is 0.281. The monoisotopic (exact) mass is 484 g/mol. The van der Waals surface area contributed by atoms with E-state index in [0.29, 0.717) is 15.7 Å². The van der Waals surface area contributed by atoms with E-state index in [1.807, 2.05) is 17.5 Å². The van der Waals surface area contributed by atoms with Crippen molar-refractivity contribution in [2.24, 2.45) is 0 Å². The van der Waals surface area contributed by atoms with Crippen LogP contribution < -0.4 is 16.2 Å². The van der Waals surface area contributed by atoms with E-state index in [1.54, 1.807) is 17.5 Å². The fraction of sp³-hybridized carbons (Fsp3) is 0.125. The highest BCUT2D eigenvalue weighted by Crippen LogP contribution is 2.21. The van der Waals surface area contributed by atoms with Gasteiger partial charge in [0.15, 0.2) is 5.13 Å². The quantitative estimate of drug-likeness (QED) is 0.467. The number of thiophene rings is 2. The van der Waals surface area contributed by atoms with Crippen LogP contribution in [0.3, 0.4) is 0 Å². The van der Waals surface area contributed by atoms with Crippen LogP contribution in [0.15, 0.2) is 38.8 Å². The van der Waals surface area contributed by atoms with Crippen molar-refractivity contribution < 1.29 is 14.4 Å². The summed E-state index contributed by atoms with van der Waals surface area (Å²) in [7, 11) is 0. The molecule has 3 rings (SSSR count). The van der Waals surface area contributed by atoms with E-state index in [2.05, 4.69) is 37.1 Å². The molecule has 0 saturated heterocycles. The molecular weight excluding hydrogens is 472 g/mol. The second-order valence-corrected chi connectivity index (χ2v) is 9.58. The average Bonchev–Trinajstić information content (AvgIpc) is 3.36. The Balaban J connectivity index is 1.44. The zero-order valence-corrected chi connectivity index (χ0v) is 17.7. The van der Waals surface area contributed by atoms with Crippen molar-refractivity contribution in [1.29, 1.82) is 0 Å². The molecule has 0 fully saturated rings. The van der Waals surface area contributed by atoms with Crippen LogP contribution in [-0.4, -0.2) is 22.7 Å². The van der Waals surface area contributed by atoms with E-state index in [9.17, 15) is 14.4 Å². The second-order valence-electron chi connectivity index (χ2n) is 5.23. The molecule has 0 radical (unpaired) electrons. The minimum Gasteiger partial charge on any atom is -0.302 e. The third kappa shape index (κ3) is 5.96. The number of amides is 3. The summed E-state index contributed by atoms with van der Waals surface area (Å²) < 4.78 is 0.829. The van der Waals surface area contributed by atoms with Crippen LogP contribution >= 0.6 is 49.9 Å². The van der Waals surface area contributed by atoms with Crippen molar-refractivity contribution in [3.63, 3.8) is 0 Å². The lowest BCUT2D eigenvalue weighted by molar-refractivity contribution is -0.121. The lowest BCUT2D eigenvalue weighted by Gasteiger charge is -2.05. The zero-order valence-electron chi connectivity index (χ0n) is 13.7. The fourth-order valence-electron chi connectivity index (χ4n) is 2.01. The highest BCUT2D eigenvalue weighted by atomic mass is 79.9. The lowest BCUT2D eigenvalue weighted by Crippen LogP contribution is -2.42. The van der Waals surface area contributed by atoms with Crippen LogP contribution in [-0.2, 0) is 22.4 Å². The Kier molecular flexibility index (Phi) is 6.72. The zero-order chi connectivity index (χ0) is 19.2. The molecule has 0 aliphatic heterocycles. The molecule has 0 aliphatic rings. The number of carbonyl (C=O) groups excluding carboxylic acids is 3. The number of rotatable bonds is 6. The largest absolute Gasteiger partial charge is 0.302 e. The predicted octanol–water partition coefficient (Wildman–Crippen LogP) is 3.21. The normalized spacial score (nSPS) is 10.4. The number of hydrogen-bond donors (Lipinski definition) is 3. The van der Waals surface area contributed by atoms with Gasteiger partial charge in [0.2, 0.25) is 11.8 Å². The maximum Gasteiger partial charge on any atom is 0.279 e. The summed E-state index contributed by atoms with van der Waals surface area (Å²) >= 11 is 7.30. The highest BCUT2D eigenvalue weighted by molar-refractivity contribution is 9.11. The molecule has 11 heteroatoms. The Morgan fingerprint density at radius 1 is 1.04 bits per heavy atom. The first-order chi connectivity index (χ1) is 13.0. The van der Waals surface area contributed by atoms with Crippen LogP contribution in [0, 0.1) is 0 Å². The SMILES string of the molecule is O=C(Cc1csc(NC(=O)Cc2cccs2)n1)NNC(=O)c1ccc(Br)s1. The van der Waals surface area contributed by atoms with E-state index < -0.39 is 5.91 Å². The molecule has 3 aromatic rings. The number of carbonyl (C=O) groups is 3. The third-order valence-electron chi connectivity index (χ3n) is 3.17. The molecule has 0 saturated carbocycles. The Morgan fingerprint density at radius 3 is 2.59 bits per heavy atom. The van der Waals surface area contributed by atoms with E-state index in [-0.39, 0.29) is 24.7 Å². The Hall–Kier alpha value is -2.08. The van der Waals surface area contributed by atoms with Gasteiger partial charge in [0.05, 0.1) is 27.2 Å². The van der Waals surface area contributed by atoms with Gasteiger partial charge in [-0.1, -0.05) is 6.07 Å². The van der Waals surface area contributed by atoms with Gasteiger partial charge in [-0.05, 0) is 39.5 Å². The molecule has 0 aromatic carbocycles. The average molecular weight is 485 g/mol. The number of hydrazine groups is 1. The molecule has 0 aliphatic carbocycles. The van der Waals surface area contributed by atoms with Crippen molar-refractivity contribution in [2.45, 2.75) is 12.8 Å². The Morgan fingerprint density at radius 2 is 1.89 bits per heavy atom. The van der Waals surface area contributed by atoms with E-state index in [1.165, 1.54) is 34.0 Å². The summed E-state index contributed by atoms with van der Waals surface area (Å²) in [5.74, 6) is -0.947. The third-order valence-corrected chi connectivity index (χ3v) is 6.47. The predicted molar refractivity (Wildman–Crippen MR) is 110 cm³/mol. The molecule has 0 unspecified atom stereocenters. The van der Waals surface area contributed by atoms with E-state index in [4.69, 9.17) is 0 Å². The molecule has 0 spiro atoms.